The second-order valence-corrected chi connectivity index (χ2v) is 23.6. The molecular weight excluding hydrogens is 1020 g/mol. The van der Waals surface area contributed by atoms with Gasteiger partial charge in [0.25, 0.3) is 11.8 Å². The molecule has 0 saturated heterocycles. The summed E-state index contributed by atoms with van der Waals surface area (Å²) in [5.74, 6) is 5.50. The second-order valence-electron chi connectivity index (χ2n) is 23.6. The average Bonchev–Trinajstić information content (AvgIpc) is 3.63. The molecule has 464 valence electrons. The van der Waals surface area contributed by atoms with E-state index in [1.807, 2.05) is 0 Å². The third-order valence-corrected chi connectivity index (χ3v) is 16.3. The van der Waals surface area contributed by atoms with E-state index in [-0.39, 0.29) is 68.1 Å². The van der Waals surface area contributed by atoms with Gasteiger partial charge in [0, 0.05) is 72.2 Å². The Bertz CT molecular complexity index is 1910. The molecule has 0 spiro atoms. The van der Waals surface area contributed by atoms with Crippen LogP contribution in [0.5, 0.6) is 0 Å². The van der Waals surface area contributed by atoms with Crippen LogP contribution in [0.25, 0.3) is 0 Å². The molecule has 2 aromatic rings. The van der Waals surface area contributed by atoms with Gasteiger partial charge in [-0.3, -0.25) is 24.0 Å². The van der Waals surface area contributed by atoms with Crippen LogP contribution in [0.3, 0.4) is 0 Å². The number of carbonyl (C=O) groups excluding carboxylic acids is 5. The third kappa shape index (κ3) is 36.1. The minimum Gasteiger partial charge on any atom is -0.356 e. The van der Waals surface area contributed by atoms with Crippen molar-refractivity contribution in [2.24, 2.45) is 17.2 Å². The number of carbonyl (C=O) groups is 5. The van der Waals surface area contributed by atoms with Crippen LogP contribution in [0.4, 0.5) is 0 Å². The van der Waals surface area contributed by atoms with Crippen molar-refractivity contribution in [2.45, 2.75) is 282 Å². The molecule has 13 heteroatoms. The first kappa shape index (κ1) is 73.3. The minimum absolute atomic E-state index is 0.0965. The number of hydrogen-bond acceptors (Lipinski definition) is 8. The normalized spacial score (nSPS) is 11.4. The average molecular weight is 1140 g/mol. The van der Waals surface area contributed by atoms with E-state index in [0.717, 1.165) is 57.8 Å². The van der Waals surface area contributed by atoms with E-state index in [2.05, 4.69) is 59.2 Å². The van der Waals surface area contributed by atoms with Crippen molar-refractivity contribution >= 4 is 29.5 Å². The van der Waals surface area contributed by atoms with E-state index >= 15 is 0 Å². The van der Waals surface area contributed by atoms with E-state index in [4.69, 9.17) is 17.2 Å². The summed E-state index contributed by atoms with van der Waals surface area (Å²) in [4.78, 5) is 68.5. The second kappa shape index (κ2) is 48.6. The van der Waals surface area contributed by atoms with Crippen molar-refractivity contribution in [3.63, 3.8) is 0 Å². The molecule has 0 saturated carbocycles. The fourth-order valence-corrected chi connectivity index (χ4v) is 11.0. The predicted molar refractivity (Wildman–Crippen MR) is 343 cm³/mol. The van der Waals surface area contributed by atoms with Gasteiger partial charge in [0.1, 0.15) is 0 Å². The van der Waals surface area contributed by atoms with Crippen molar-refractivity contribution in [1.29, 1.82) is 0 Å². The fourth-order valence-electron chi connectivity index (χ4n) is 11.0. The predicted octanol–water partition coefficient (Wildman–Crippen LogP) is 13.5. The van der Waals surface area contributed by atoms with E-state index in [9.17, 15) is 24.0 Å². The molecule has 0 aliphatic rings. The molecule has 0 aromatic heterocycles. The van der Waals surface area contributed by atoms with Crippen LogP contribution in [-0.4, -0.2) is 79.9 Å². The molecule has 13 nitrogen and oxygen atoms in total. The Hall–Kier alpha value is -4.77. The summed E-state index contributed by atoms with van der Waals surface area (Å²) in [6.07, 6.45) is 39.4. The van der Waals surface area contributed by atoms with Crippen LogP contribution in [0.2, 0.25) is 0 Å². The van der Waals surface area contributed by atoms with Crippen LogP contribution in [0.15, 0.2) is 48.5 Å². The van der Waals surface area contributed by atoms with Crippen LogP contribution in [-0.2, 0) is 14.4 Å². The zero-order chi connectivity index (χ0) is 59.6. The molecule has 5 amide bonds. The Labute approximate surface area is 499 Å². The quantitative estimate of drug-likeness (QED) is 0.0234. The van der Waals surface area contributed by atoms with Crippen LogP contribution >= 0.6 is 0 Å². The minimum atomic E-state index is -1.02. The largest absolute Gasteiger partial charge is 0.356 e. The molecular formula is C69H118N8O5. The van der Waals surface area contributed by atoms with Crippen molar-refractivity contribution < 1.29 is 24.0 Å². The van der Waals surface area contributed by atoms with Gasteiger partial charge in [0.15, 0.2) is 0 Å². The van der Waals surface area contributed by atoms with Crippen molar-refractivity contribution in [3.8, 4) is 11.8 Å². The standard InChI is InChI=1S/C69H118N8O5/c1-4-7-10-13-16-19-22-25-28-31-56-73-63(78)44-47-68(48-45-64(79)74-57-32-29-26-23-20-17-14-11-8-5-2,49-46-65(80)75-58-33-30-27-24-21-18-15-12-9-6-3)76-66(81)61-40-36-59(37-41-61)34-35-60-38-42-62(43-39-60)67(82)77-69(50-53-70,51-54-71)52-55-72/h36-43H,4-33,44-58,70-72H2,1-3H3,(H,73,78)(H,74,79)(H,75,80)(H,76,81)(H,77,82). The van der Waals surface area contributed by atoms with Gasteiger partial charge in [-0.05, 0) is 126 Å². The number of benzene rings is 2. The molecule has 0 bridgehead atoms. The number of unbranched alkanes of at least 4 members (excludes halogenated alkanes) is 27. The van der Waals surface area contributed by atoms with Gasteiger partial charge in [-0.25, -0.2) is 0 Å². The van der Waals surface area contributed by atoms with Crippen molar-refractivity contribution in [3.05, 3.63) is 70.8 Å². The lowest BCUT2D eigenvalue weighted by atomic mass is 9.82. The van der Waals surface area contributed by atoms with E-state index < -0.39 is 11.1 Å². The molecule has 2 aromatic carbocycles. The Morgan fingerprint density at radius 2 is 0.573 bits per heavy atom. The number of nitrogens with two attached hydrogens (primary N) is 3. The first-order valence-corrected chi connectivity index (χ1v) is 33.3. The van der Waals surface area contributed by atoms with E-state index in [1.54, 1.807) is 48.5 Å². The molecule has 0 unspecified atom stereocenters. The molecule has 0 fully saturated rings. The maximum atomic E-state index is 14.4. The maximum absolute atomic E-state index is 14.4. The number of rotatable bonds is 52. The summed E-state index contributed by atoms with van der Waals surface area (Å²) >= 11 is 0. The monoisotopic (exact) mass is 1140 g/mol. The maximum Gasteiger partial charge on any atom is 0.251 e. The fraction of sp³-hybridized carbons (Fsp3) is 0.725. The third-order valence-electron chi connectivity index (χ3n) is 16.3. The highest BCUT2D eigenvalue weighted by molar-refractivity contribution is 5.95. The summed E-state index contributed by atoms with van der Waals surface area (Å²) < 4.78 is 0. The Kier molecular flexibility index (Phi) is 43.5. The number of hydrogen-bond donors (Lipinski definition) is 8. The van der Waals surface area contributed by atoms with E-state index in [1.165, 1.54) is 135 Å². The van der Waals surface area contributed by atoms with Gasteiger partial charge >= 0.3 is 0 Å². The Morgan fingerprint density at radius 3 is 0.817 bits per heavy atom. The van der Waals surface area contributed by atoms with Gasteiger partial charge in [-0.1, -0.05) is 206 Å². The lowest BCUT2D eigenvalue weighted by molar-refractivity contribution is -0.121. The lowest BCUT2D eigenvalue weighted by Crippen LogP contribution is -2.52. The van der Waals surface area contributed by atoms with Gasteiger partial charge in [-0.15, -0.1) is 0 Å². The van der Waals surface area contributed by atoms with Crippen molar-refractivity contribution in [2.75, 3.05) is 39.3 Å². The number of amides is 5. The molecule has 2 rings (SSSR count). The highest BCUT2D eigenvalue weighted by Crippen LogP contribution is 2.28. The van der Waals surface area contributed by atoms with Crippen LogP contribution in [0.1, 0.15) is 303 Å². The van der Waals surface area contributed by atoms with Crippen molar-refractivity contribution in [1.82, 2.24) is 26.6 Å². The van der Waals surface area contributed by atoms with Crippen LogP contribution in [0, 0.1) is 11.8 Å². The smallest absolute Gasteiger partial charge is 0.251 e. The molecule has 0 heterocycles. The van der Waals surface area contributed by atoms with Gasteiger partial charge in [0.2, 0.25) is 17.7 Å². The summed E-state index contributed by atoms with van der Waals surface area (Å²) in [5, 5.41) is 15.8. The molecule has 0 aliphatic carbocycles. The van der Waals surface area contributed by atoms with E-state index in [0.29, 0.717) is 80.8 Å². The molecule has 0 aliphatic heterocycles. The lowest BCUT2D eigenvalue weighted by Gasteiger charge is -2.35. The first-order valence-electron chi connectivity index (χ1n) is 33.3. The first-order chi connectivity index (χ1) is 40.0. The Balaban J connectivity index is 2.25. The SMILES string of the molecule is CCCCCCCCCCCCNC(=O)CCC(CCC(=O)NCCCCCCCCCCCC)(CCC(=O)NCCCCCCCCCCCC)NC(=O)c1ccc(C#Cc2ccc(C(=O)NC(CCN)(CCN)CCN)cc2)cc1. The molecule has 82 heavy (non-hydrogen) atoms. The molecule has 11 N–H and O–H groups in total. The molecule has 0 radical (unpaired) electrons. The molecule has 0 atom stereocenters. The summed E-state index contributed by atoms with van der Waals surface area (Å²) in [7, 11) is 0. The zero-order valence-electron chi connectivity index (χ0n) is 52.2. The highest BCUT2D eigenvalue weighted by atomic mass is 16.2. The topological polar surface area (TPSA) is 224 Å². The summed E-state index contributed by atoms with van der Waals surface area (Å²) in [6, 6.07) is 14.1. The van der Waals surface area contributed by atoms with Crippen LogP contribution < -0.4 is 43.8 Å². The summed E-state index contributed by atoms with van der Waals surface area (Å²) in [6.45, 7) is 9.72. The Morgan fingerprint density at radius 1 is 0.341 bits per heavy atom. The van der Waals surface area contributed by atoms with Gasteiger partial charge in [-0.2, -0.15) is 0 Å². The number of nitrogens with one attached hydrogen (secondary N) is 5. The van der Waals surface area contributed by atoms with Gasteiger partial charge in [0.05, 0.1) is 0 Å². The summed E-state index contributed by atoms with van der Waals surface area (Å²) in [5.41, 5.74) is 18.4. The highest BCUT2D eigenvalue weighted by Gasteiger charge is 2.34. The van der Waals surface area contributed by atoms with Gasteiger partial charge < -0.3 is 43.8 Å². The zero-order valence-corrected chi connectivity index (χ0v) is 52.2.